The number of carboxylic acids is 1. The molecule has 0 amide bonds. The number of phenols is 2. The second kappa shape index (κ2) is 6.10. The van der Waals surface area contributed by atoms with Crippen molar-refractivity contribution in [1.82, 2.24) is 0 Å². The zero-order valence-corrected chi connectivity index (χ0v) is 12.7. The van der Waals surface area contributed by atoms with Crippen molar-refractivity contribution in [1.29, 1.82) is 0 Å². The van der Waals surface area contributed by atoms with E-state index in [4.69, 9.17) is 0 Å². The average Bonchev–Trinajstić information content (AvgIpc) is 2.46. The van der Waals surface area contributed by atoms with Gasteiger partial charge in [0.2, 0.25) is 0 Å². The Hall–Kier alpha value is -2.49. The molecule has 4 nitrogen and oxygen atoms in total. The van der Waals surface area contributed by atoms with E-state index in [1.54, 1.807) is 24.3 Å². The van der Waals surface area contributed by atoms with E-state index in [-0.39, 0.29) is 17.4 Å². The Morgan fingerprint density at radius 1 is 0.909 bits per heavy atom. The summed E-state index contributed by atoms with van der Waals surface area (Å²) in [6.45, 7) is 3.94. The zero-order valence-electron chi connectivity index (χ0n) is 12.7. The number of carbonyl (C=O) groups is 1. The van der Waals surface area contributed by atoms with Crippen molar-refractivity contribution in [3.8, 4) is 11.5 Å². The van der Waals surface area contributed by atoms with Crippen LogP contribution in [0.4, 0.5) is 0 Å². The van der Waals surface area contributed by atoms with Crippen LogP contribution in [0.5, 0.6) is 11.5 Å². The normalized spacial score (nSPS) is 11.6. The molecule has 0 atom stereocenters. The number of benzene rings is 2. The third-order valence-corrected chi connectivity index (χ3v) is 3.80. The summed E-state index contributed by atoms with van der Waals surface area (Å²) in [4.78, 5) is 12.2. The second-order valence-electron chi connectivity index (χ2n) is 5.90. The quantitative estimate of drug-likeness (QED) is 0.789. The standard InChI is InChI=1S/C18H20O4/c1-12(2)11-18(17(21)22,13-3-7-15(19)8-4-13)14-5-9-16(20)10-6-14/h3-10,12,19-20H,11H2,1-2H3,(H,21,22). The first kappa shape index (κ1) is 15.9. The summed E-state index contributed by atoms with van der Waals surface area (Å²) >= 11 is 0. The molecule has 0 aliphatic heterocycles. The third kappa shape index (κ3) is 2.91. The van der Waals surface area contributed by atoms with Gasteiger partial charge in [-0.3, -0.25) is 4.79 Å². The van der Waals surface area contributed by atoms with E-state index in [0.29, 0.717) is 17.5 Å². The number of hydrogen-bond acceptors (Lipinski definition) is 3. The van der Waals surface area contributed by atoms with Crippen LogP contribution in [0.25, 0.3) is 0 Å². The molecule has 0 heterocycles. The van der Waals surface area contributed by atoms with E-state index in [1.807, 2.05) is 13.8 Å². The minimum Gasteiger partial charge on any atom is -0.508 e. The summed E-state index contributed by atoms with van der Waals surface area (Å²) in [6, 6.07) is 12.5. The SMILES string of the molecule is CC(C)CC(C(=O)O)(c1ccc(O)cc1)c1ccc(O)cc1. The number of rotatable bonds is 5. The summed E-state index contributed by atoms with van der Waals surface area (Å²) in [5, 5.41) is 28.9. The highest BCUT2D eigenvalue weighted by Crippen LogP contribution is 2.39. The highest BCUT2D eigenvalue weighted by Gasteiger charge is 2.42. The van der Waals surface area contributed by atoms with Crippen LogP contribution in [-0.2, 0) is 10.2 Å². The van der Waals surface area contributed by atoms with Gasteiger partial charge < -0.3 is 15.3 Å². The maximum atomic E-state index is 12.2. The number of hydrogen-bond donors (Lipinski definition) is 3. The lowest BCUT2D eigenvalue weighted by atomic mass is 9.69. The molecule has 2 aromatic carbocycles. The van der Waals surface area contributed by atoms with E-state index >= 15 is 0 Å². The lowest BCUT2D eigenvalue weighted by Gasteiger charge is -2.32. The molecule has 0 bridgehead atoms. The van der Waals surface area contributed by atoms with Crippen LogP contribution in [-0.4, -0.2) is 21.3 Å². The Kier molecular flexibility index (Phi) is 4.40. The minimum atomic E-state index is -1.21. The lowest BCUT2D eigenvalue weighted by molar-refractivity contribution is -0.142. The van der Waals surface area contributed by atoms with Gasteiger partial charge in [0.1, 0.15) is 16.9 Å². The number of aliphatic carboxylic acids is 1. The molecule has 0 saturated heterocycles. The molecule has 2 rings (SSSR count). The lowest BCUT2D eigenvalue weighted by Crippen LogP contribution is -2.38. The summed E-state index contributed by atoms with van der Waals surface area (Å²) in [6.07, 6.45) is 0.415. The Morgan fingerprint density at radius 3 is 1.55 bits per heavy atom. The Labute approximate surface area is 129 Å². The van der Waals surface area contributed by atoms with Crippen LogP contribution >= 0.6 is 0 Å². The molecular weight excluding hydrogens is 280 g/mol. The minimum absolute atomic E-state index is 0.0956. The van der Waals surface area contributed by atoms with Crippen molar-refractivity contribution in [2.75, 3.05) is 0 Å². The molecule has 22 heavy (non-hydrogen) atoms. The van der Waals surface area contributed by atoms with E-state index in [1.165, 1.54) is 24.3 Å². The molecule has 0 aliphatic rings. The smallest absolute Gasteiger partial charge is 0.318 e. The van der Waals surface area contributed by atoms with Gasteiger partial charge in [0.05, 0.1) is 0 Å². The Bertz CT molecular complexity index is 596. The number of aromatic hydroxyl groups is 2. The van der Waals surface area contributed by atoms with Gasteiger partial charge in [-0.25, -0.2) is 0 Å². The van der Waals surface area contributed by atoms with Crippen molar-refractivity contribution < 1.29 is 20.1 Å². The summed E-state index contributed by atoms with van der Waals surface area (Å²) in [7, 11) is 0. The fourth-order valence-electron chi connectivity index (χ4n) is 2.84. The molecule has 0 spiro atoms. The third-order valence-electron chi connectivity index (χ3n) is 3.80. The number of phenolic OH excluding ortho intramolecular Hbond substituents is 2. The molecule has 0 saturated carbocycles. The van der Waals surface area contributed by atoms with Crippen molar-refractivity contribution in [2.24, 2.45) is 5.92 Å². The van der Waals surface area contributed by atoms with Crippen molar-refractivity contribution in [3.05, 3.63) is 59.7 Å². The highest BCUT2D eigenvalue weighted by molar-refractivity contribution is 5.86. The molecule has 4 heteroatoms. The molecular formula is C18H20O4. The molecule has 3 N–H and O–H groups in total. The van der Waals surface area contributed by atoms with Crippen LogP contribution in [0.1, 0.15) is 31.4 Å². The molecule has 0 fully saturated rings. The first-order chi connectivity index (χ1) is 10.4. The number of carboxylic acid groups (broad SMARTS) is 1. The van der Waals surface area contributed by atoms with Gasteiger partial charge in [0, 0.05) is 0 Å². The fourth-order valence-corrected chi connectivity index (χ4v) is 2.84. The summed E-state index contributed by atoms with van der Waals surface area (Å²) in [5.41, 5.74) is 0.00429. The van der Waals surface area contributed by atoms with Crippen LogP contribution in [0.3, 0.4) is 0 Å². The van der Waals surface area contributed by atoms with Crippen LogP contribution in [0.2, 0.25) is 0 Å². The molecule has 0 unspecified atom stereocenters. The highest BCUT2D eigenvalue weighted by atomic mass is 16.4. The van der Waals surface area contributed by atoms with Gasteiger partial charge in [-0.1, -0.05) is 38.1 Å². The van der Waals surface area contributed by atoms with Gasteiger partial charge in [-0.2, -0.15) is 0 Å². The van der Waals surface area contributed by atoms with Crippen molar-refractivity contribution >= 4 is 5.97 Å². The average molecular weight is 300 g/mol. The molecule has 0 aromatic heterocycles. The maximum absolute atomic E-state index is 12.2. The first-order valence-corrected chi connectivity index (χ1v) is 7.18. The van der Waals surface area contributed by atoms with Gasteiger partial charge in [-0.15, -0.1) is 0 Å². The predicted octanol–water partition coefficient (Wildman–Crippen LogP) is 3.51. The van der Waals surface area contributed by atoms with E-state index < -0.39 is 11.4 Å². The Morgan fingerprint density at radius 2 is 1.27 bits per heavy atom. The molecule has 116 valence electrons. The summed E-state index contributed by atoms with van der Waals surface area (Å²) < 4.78 is 0. The van der Waals surface area contributed by atoms with Gasteiger partial charge in [-0.05, 0) is 47.7 Å². The zero-order chi connectivity index (χ0) is 16.3. The summed E-state index contributed by atoms with van der Waals surface area (Å²) in [5.74, 6) is -0.604. The second-order valence-corrected chi connectivity index (χ2v) is 5.90. The Balaban J connectivity index is 2.67. The topological polar surface area (TPSA) is 77.8 Å². The first-order valence-electron chi connectivity index (χ1n) is 7.18. The monoisotopic (exact) mass is 300 g/mol. The molecule has 2 aromatic rings. The van der Waals surface area contributed by atoms with E-state index in [0.717, 1.165) is 0 Å². The largest absolute Gasteiger partial charge is 0.508 e. The van der Waals surface area contributed by atoms with E-state index in [9.17, 15) is 20.1 Å². The van der Waals surface area contributed by atoms with Gasteiger partial charge >= 0.3 is 5.97 Å². The van der Waals surface area contributed by atoms with E-state index in [2.05, 4.69) is 0 Å². The van der Waals surface area contributed by atoms with Gasteiger partial charge in [0.25, 0.3) is 0 Å². The predicted molar refractivity (Wildman–Crippen MR) is 84.1 cm³/mol. The fraction of sp³-hybridized carbons (Fsp3) is 0.278. The van der Waals surface area contributed by atoms with Crippen molar-refractivity contribution in [3.63, 3.8) is 0 Å². The van der Waals surface area contributed by atoms with Crippen LogP contribution in [0.15, 0.2) is 48.5 Å². The maximum Gasteiger partial charge on any atom is 0.318 e. The molecule has 0 aliphatic carbocycles. The van der Waals surface area contributed by atoms with Crippen molar-refractivity contribution in [2.45, 2.75) is 25.7 Å². The van der Waals surface area contributed by atoms with Crippen LogP contribution < -0.4 is 0 Å². The van der Waals surface area contributed by atoms with Gasteiger partial charge in [0.15, 0.2) is 0 Å². The molecule has 0 radical (unpaired) electrons. The van der Waals surface area contributed by atoms with Crippen LogP contribution in [0, 0.1) is 5.92 Å².